The van der Waals surface area contributed by atoms with Crippen LogP contribution in [0.3, 0.4) is 0 Å². The summed E-state index contributed by atoms with van der Waals surface area (Å²) >= 11 is 0. The molecule has 2 fully saturated rings. The molecular weight excluding hydrogens is 1070 g/mol. The van der Waals surface area contributed by atoms with Gasteiger partial charge in [0.25, 0.3) is 0 Å². The fraction of sp³-hybridized carbons (Fsp3) is 0.958. The van der Waals surface area contributed by atoms with Crippen molar-refractivity contribution in [3.8, 4) is 0 Å². The molecule has 0 radical (unpaired) electrons. The lowest BCUT2D eigenvalue weighted by Gasteiger charge is -2.46. The fourth-order valence-electron chi connectivity index (χ4n) is 12.4. The summed E-state index contributed by atoms with van der Waals surface area (Å²) < 4.78 is 22.8. The molecule has 0 bridgehead atoms. The largest absolute Gasteiger partial charge is 0.394 e. The van der Waals surface area contributed by atoms with Crippen LogP contribution in [0.4, 0.5) is 0 Å². The molecule has 0 aromatic carbocycles. The molecule has 12 unspecified atom stereocenters. The van der Waals surface area contributed by atoms with Crippen LogP contribution in [0.2, 0.25) is 0 Å². The van der Waals surface area contributed by atoms with Gasteiger partial charge in [-0.15, -0.1) is 0 Å². The molecule has 0 aliphatic carbocycles. The Morgan fingerprint density at radius 1 is 0.412 bits per heavy atom. The van der Waals surface area contributed by atoms with E-state index in [-0.39, 0.29) is 18.9 Å². The van der Waals surface area contributed by atoms with Gasteiger partial charge in [0.15, 0.2) is 12.6 Å². The maximum absolute atomic E-state index is 13.3. The summed E-state index contributed by atoms with van der Waals surface area (Å²) in [7, 11) is 0. The Morgan fingerprint density at radius 2 is 0.729 bits per heavy atom. The maximum Gasteiger partial charge on any atom is 0.220 e. The van der Waals surface area contributed by atoms with Gasteiger partial charge in [-0.05, 0) is 19.3 Å². The van der Waals surface area contributed by atoms with Crippen molar-refractivity contribution in [3.63, 3.8) is 0 Å². The molecule has 0 spiro atoms. The third-order valence-electron chi connectivity index (χ3n) is 18.2. The van der Waals surface area contributed by atoms with Crippen LogP contribution in [-0.4, -0.2) is 140 Å². The second-order valence-electron chi connectivity index (χ2n) is 26.1. The van der Waals surface area contributed by atoms with Gasteiger partial charge >= 0.3 is 0 Å². The molecule has 14 heteroatoms. The lowest BCUT2D eigenvalue weighted by atomic mass is 9.97. The minimum absolute atomic E-state index is 0.231. The van der Waals surface area contributed by atoms with Crippen molar-refractivity contribution < 1.29 is 64.6 Å². The van der Waals surface area contributed by atoms with Crippen LogP contribution >= 0.6 is 0 Å². The van der Waals surface area contributed by atoms with E-state index in [4.69, 9.17) is 18.9 Å². The Labute approximate surface area is 520 Å². The topological polar surface area (TPSA) is 228 Å². The van der Waals surface area contributed by atoms with Crippen LogP contribution in [0.15, 0.2) is 12.2 Å². The van der Waals surface area contributed by atoms with Gasteiger partial charge in [0, 0.05) is 6.42 Å². The van der Waals surface area contributed by atoms with E-state index in [2.05, 4.69) is 19.2 Å². The molecule has 12 atom stereocenters. The van der Waals surface area contributed by atoms with Crippen molar-refractivity contribution in [2.24, 2.45) is 0 Å². The van der Waals surface area contributed by atoms with Crippen molar-refractivity contribution in [1.82, 2.24) is 5.32 Å². The smallest absolute Gasteiger partial charge is 0.220 e. The lowest BCUT2D eigenvalue weighted by molar-refractivity contribution is -0.359. The Kier molecular flexibility index (Phi) is 53.2. The highest BCUT2D eigenvalue weighted by molar-refractivity contribution is 5.76. The zero-order chi connectivity index (χ0) is 61.6. The average molecular weight is 1210 g/mol. The molecular formula is C71H137NO13. The van der Waals surface area contributed by atoms with Gasteiger partial charge in [0.05, 0.1) is 32.0 Å². The molecule has 2 aliphatic heterocycles. The second-order valence-corrected chi connectivity index (χ2v) is 26.1. The Bertz CT molecular complexity index is 1470. The van der Waals surface area contributed by atoms with Gasteiger partial charge in [-0.2, -0.15) is 0 Å². The number of rotatable bonds is 61. The standard InChI is InChI=1S/C71H137NO13/c1-3-5-7-9-11-13-15-17-19-21-22-23-24-25-26-27-28-29-30-31-32-33-34-35-36-37-38-39-41-43-45-47-49-51-53-55-63(76)72-59(60(75)54-52-50-48-46-44-42-40-20-18-16-14-12-10-8-6-4-2)58-82-70-68(81)66(79)69(62(57-74)84-70)85-71-67(80)65(78)64(77)61(56-73)83-71/h52,54,59-62,64-71,73-75,77-81H,3-51,53,55-58H2,1-2H3,(H,72,76)/b54-52+. The number of carbonyl (C=O) groups is 1. The number of allylic oxidation sites excluding steroid dienone is 1. The number of unbranched alkanes of at least 4 members (excludes halogenated alkanes) is 48. The van der Waals surface area contributed by atoms with Gasteiger partial charge in [-0.3, -0.25) is 4.79 Å². The van der Waals surface area contributed by atoms with Crippen molar-refractivity contribution >= 4 is 5.91 Å². The van der Waals surface area contributed by atoms with E-state index >= 15 is 0 Å². The number of hydrogen-bond donors (Lipinski definition) is 9. The minimum atomic E-state index is -1.79. The normalized spacial score (nSPS) is 23.5. The summed E-state index contributed by atoms with van der Waals surface area (Å²) in [5.74, 6) is -0.231. The van der Waals surface area contributed by atoms with E-state index in [1.54, 1.807) is 6.08 Å². The molecule has 0 aromatic heterocycles. The van der Waals surface area contributed by atoms with E-state index in [0.717, 1.165) is 44.9 Å². The van der Waals surface area contributed by atoms with Gasteiger partial charge in [0.1, 0.15) is 48.8 Å². The predicted molar refractivity (Wildman–Crippen MR) is 346 cm³/mol. The quantitative estimate of drug-likeness (QED) is 0.0204. The van der Waals surface area contributed by atoms with E-state index in [0.29, 0.717) is 0 Å². The number of amides is 1. The van der Waals surface area contributed by atoms with Gasteiger partial charge in [0.2, 0.25) is 5.91 Å². The summed E-state index contributed by atoms with van der Waals surface area (Å²) in [6.45, 7) is 2.85. The number of carbonyl (C=O) groups excluding carboxylic acids is 1. The van der Waals surface area contributed by atoms with Crippen LogP contribution < -0.4 is 5.32 Å². The Morgan fingerprint density at radius 3 is 1.08 bits per heavy atom. The van der Waals surface area contributed by atoms with Crippen molar-refractivity contribution in [2.75, 3.05) is 19.8 Å². The van der Waals surface area contributed by atoms with E-state index in [1.165, 1.54) is 276 Å². The number of aliphatic hydroxyl groups is 8. The van der Waals surface area contributed by atoms with Crippen LogP contribution in [0.5, 0.6) is 0 Å². The SMILES string of the molecule is CCCCCCCCCCCCCCCC/C=C/C(O)C(COC1OC(CO)C(OC2OC(CO)C(O)C(O)C2O)C(O)C1O)NC(=O)CCCCCCCCCCCCCCCCCCCCCCCCCCCCCCCCCCCCC. The monoisotopic (exact) mass is 1210 g/mol. The van der Waals surface area contributed by atoms with Crippen molar-refractivity contribution in [3.05, 3.63) is 12.2 Å². The molecule has 2 heterocycles. The second kappa shape index (κ2) is 56.7. The third-order valence-corrected chi connectivity index (χ3v) is 18.2. The summed E-state index contributed by atoms with van der Waals surface area (Å²) in [6.07, 6.45) is 52.9. The summed E-state index contributed by atoms with van der Waals surface area (Å²) in [5.41, 5.74) is 0. The highest BCUT2D eigenvalue weighted by atomic mass is 16.7. The summed E-state index contributed by atoms with van der Waals surface area (Å²) in [6, 6.07) is -0.910. The van der Waals surface area contributed by atoms with Crippen LogP contribution in [-0.2, 0) is 23.7 Å². The molecule has 14 nitrogen and oxygen atoms in total. The molecule has 2 rings (SSSR count). The maximum atomic E-state index is 13.3. The van der Waals surface area contributed by atoms with Crippen molar-refractivity contribution in [2.45, 2.75) is 415 Å². The third kappa shape index (κ3) is 41.0. The zero-order valence-corrected chi connectivity index (χ0v) is 54.9. The van der Waals surface area contributed by atoms with Gasteiger partial charge in [-0.1, -0.05) is 328 Å². The first kappa shape index (κ1) is 79.8. The summed E-state index contributed by atoms with van der Waals surface area (Å²) in [5, 5.41) is 87.3. The number of hydrogen-bond acceptors (Lipinski definition) is 13. The number of ether oxygens (including phenoxy) is 4. The van der Waals surface area contributed by atoms with Crippen molar-refractivity contribution in [1.29, 1.82) is 0 Å². The molecule has 0 aromatic rings. The molecule has 504 valence electrons. The predicted octanol–water partition coefficient (Wildman–Crippen LogP) is 15.0. The van der Waals surface area contributed by atoms with E-state index < -0.39 is 86.8 Å². The highest BCUT2D eigenvalue weighted by Gasteiger charge is 2.51. The zero-order valence-electron chi connectivity index (χ0n) is 54.9. The number of aliphatic hydroxyl groups excluding tert-OH is 8. The first-order valence-electron chi connectivity index (χ1n) is 36.4. The first-order valence-corrected chi connectivity index (χ1v) is 36.4. The summed E-state index contributed by atoms with van der Waals surface area (Å²) in [4.78, 5) is 13.3. The molecule has 85 heavy (non-hydrogen) atoms. The van der Waals surface area contributed by atoms with E-state index in [9.17, 15) is 45.6 Å². The molecule has 9 N–H and O–H groups in total. The first-order chi connectivity index (χ1) is 41.6. The lowest BCUT2D eigenvalue weighted by Crippen LogP contribution is -2.65. The highest BCUT2D eigenvalue weighted by Crippen LogP contribution is 2.30. The fourth-order valence-corrected chi connectivity index (χ4v) is 12.4. The molecule has 0 saturated carbocycles. The van der Waals surface area contributed by atoms with E-state index in [1.807, 2.05) is 6.08 Å². The Hall–Kier alpha value is -1.27. The minimum Gasteiger partial charge on any atom is -0.394 e. The Balaban J connectivity index is 1.59. The molecule has 2 aliphatic rings. The van der Waals surface area contributed by atoms with Gasteiger partial charge in [-0.25, -0.2) is 0 Å². The van der Waals surface area contributed by atoms with Crippen LogP contribution in [0.25, 0.3) is 0 Å². The number of nitrogens with one attached hydrogen (secondary N) is 1. The van der Waals surface area contributed by atoms with Crippen LogP contribution in [0, 0.1) is 0 Å². The molecule has 2 saturated heterocycles. The van der Waals surface area contributed by atoms with Crippen LogP contribution in [0.1, 0.15) is 341 Å². The molecule has 1 amide bonds. The average Bonchev–Trinajstić information content (AvgIpc) is 3.69. The van der Waals surface area contributed by atoms with Gasteiger partial charge < -0.3 is 65.1 Å².